The number of thiazole rings is 1. The Hall–Kier alpha value is -2.24. The number of unbranched alkanes of at least 4 members (excludes halogenated alkanes) is 1. The van der Waals surface area contributed by atoms with Crippen LogP contribution in [0.3, 0.4) is 0 Å². The average molecular weight is 368 g/mol. The van der Waals surface area contributed by atoms with Crippen molar-refractivity contribution in [1.29, 1.82) is 0 Å². The van der Waals surface area contributed by atoms with Crippen LogP contribution in [0.5, 0.6) is 0 Å². The molecule has 1 heterocycles. The minimum Gasteiger partial charge on any atom is -0.326 e. The Labute approximate surface area is 158 Å². The molecule has 3 rings (SSSR count). The molecule has 2 N–H and O–H groups in total. The van der Waals surface area contributed by atoms with Crippen LogP contribution in [0.4, 0.5) is 5.69 Å². The van der Waals surface area contributed by atoms with E-state index in [0.717, 1.165) is 54.1 Å². The lowest BCUT2D eigenvalue weighted by Gasteiger charge is -2.11. The highest BCUT2D eigenvalue weighted by Crippen LogP contribution is 2.23. The number of carbonyl (C=O) groups is 1. The van der Waals surface area contributed by atoms with Crippen LogP contribution in [-0.4, -0.2) is 17.4 Å². The largest absolute Gasteiger partial charge is 0.326 e. The van der Waals surface area contributed by atoms with Gasteiger partial charge in [0.05, 0.1) is 15.2 Å². The molecule has 0 saturated carbocycles. The fraction of sp³-hybridized carbons (Fsp3) is 0.333. The molecule has 0 aliphatic heterocycles. The van der Waals surface area contributed by atoms with Gasteiger partial charge in [-0.2, -0.15) is 0 Å². The smallest absolute Gasteiger partial charge is 0.224 e. The van der Waals surface area contributed by atoms with Crippen molar-refractivity contribution < 1.29 is 4.79 Å². The van der Waals surface area contributed by atoms with E-state index in [0.29, 0.717) is 6.42 Å². The zero-order valence-corrected chi connectivity index (χ0v) is 15.9. The van der Waals surface area contributed by atoms with Crippen molar-refractivity contribution in [2.24, 2.45) is 0 Å². The number of nitrogens with one attached hydrogen (secondary N) is 2. The predicted octanol–water partition coefficient (Wildman–Crippen LogP) is 4.76. The minimum atomic E-state index is 0.0817. The van der Waals surface area contributed by atoms with Gasteiger partial charge in [0.15, 0.2) is 0 Å². The number of nitrogens with zero attached hydrogens (tertiary/aromatic N) is 1. The second-order valence-electron chi connectivity index (χ2n) is 6.27. The Kier molecular flexibility index (Phi) is 6.75. The molecule has 0 radical (unpaired) electrons. The van der Waals surface area contributed by atoms with Gasteiger partial charge in [0.2, 0.25) is 5.91 Å². The van der Waals surface area contributed by atoms with Crippen LogP contribution in [0.2, 0.25) is 0 Å². The number of hydrogen-bond acceptors (Lipinski definition) is 4. The average Bonchev–Trinajstić information content (AvgIpc) is 3.07. The number of anilines is 1. The van der Waals surface area contributed by atoms with Crippen LogP contribution in [0.25, 0.3) is 10.2 Å². The number of fused-ring (bicyclic) bond motifs is 1. The molecule has 0 aliphatic rings. The summed E-state index contributed by atoms with van der Waals surface area (Å²) < 4.78 is 1.23. The van der Waals surface area contributed by atoms with Gasteiger partial charge in [-0.3, -0.25) is 4.79 Å². The molecule has 5 heteroatoms. The van der Waals surface area contributed by atoms with E-state index < -0.39 is 0 Å². The van der Waals surface area contributed by atoms with Crippen LogP contribution in [0.15, 0.2) is 48.5 Å². The third-order valence-electron chi connectivity index (χ3n) is 4.24. The zero-order chi connectivity index (χ0) is 18.2. The Morgan fingerprint density at radius 2 is 1.88 bits per heavy atom. The van der Waals surface area contributed by atoms with E-state index in [1.54, 1.807) is 11.3 Å². The van der Waals surface area contributed by atoms with Gasteiger partial charge >= 0.3 is 0 Å². The highest BCUT2D eigenvalue weighted by molar-refractivity contribution is 7.18. The maximum atomic E-state index is 12.2. The first-order valence-corrected chi connectivity index (χ1v) is 10.0. The van der Waals surface area contributed by atoms with Crippen LogP contribution >= 0.6 is 11.3 Å². The van der Waals surface area contributed by atoms with Gasteiger partial charge in [-0.25, -0.2) is 4.98 Å². The minimum absolute atomic E-state index is 0.0817. The summed E-state index contributed by atoms with van der Waals surface area (Å²) >= 11 is 1.75. The number of benzene rings is 2. The van der Waals surface area contributed by atoms with Gasteiger partial charge in [-0.1, -0.05) is 37.3 Å². The molecular weight excluding hydrogens is 342 g/mol. The summed E-state index contributed by atoms with van der Waals surface area (Å²) in [4.78, 5) is 16.9. The van der Waals surface area contributed by atoms with Crippen molar-refractivity contribution in [1.82, 2.24) is 10.3 Å². The highest BCUT2D eigenvalue weighted by atomic mass is 32.1. The molecular formula is C21H25N3OS. The van der Waals surface area contributed by atoms with Crippen molar-refractivity contribution in [3.63, 3.8) is 0 Å². The molecule has 2 aromatic carbocycles. The molecule has 4 nitrogen and oxygen atoms in total. The molecule has 0 atom stereocenters. The third kappa shape index (κ3) is 5.13. The fourth-order valence-electron chi connectivity index (χ4n) is 2.86. The molecule has 3 aromatic rings. The van der Waals surface area contributed by atoms with E-state index >= 15 is 0 Å². The number of aryl methyl sites for hydroxylation is 1. The number of aromatic nitrogens is 1. The Morgan fingerprint density at radius 1 is 1.08 bits per heavy atom. The number of hydrogen-bond donors (Lipinski definition) is 2. The number of carbonyl (C=O) groups excluding carboxylic acids is 1. The van der Waals surface area contributed by atoms with Crippen molar-refractivity contribution in [3.05, 3.63) is 59.1 Å². The van der Waals surface area contributed by atoms with Gasteiger partial charge in [-0.05, 0) is 49.6 Å². The molecule has 1 amide bonds. The molecule has 0 aliphatic carbocycles. The SMILES string of the molecule is CCNCc1ccccc1NC(=O)CCCCc1nc2ccccc2s1. The van der Waals surface area contributed by atoms with Crippen LogP contribution in [0, 0.1) is 0 Å². The van der Waals surface area contributed by atoms with Crippen LogP contribution in [-0.2, 0) is 17.8 Å². The maximum absolute atomic E-state index is 12.2. The van der Waals surface area contributed by atoms with Gasteiger partial charge in [0.1, 0.15) is 0 Å². The van der Waals surface area contributed by atoms with E-state index in [1.807, 2.05) is 42.5 Å². The normalized spacial score (nSPS) is 11.0. The van der Waals surface area contributed by atoms with Gasteiger partial charge in [0, 0.05) is 18.7 Å². The quantitative estimate of drug-likeness (QED) is 0.536. The van der Waals surface area contributed by atoms with Crippen LogP contribution in [0.1, 0.15) is 36.8 Å². The van der Waals surface area contributed by atoms with E-state index in [9.17, 15) is 4.79 Å². The number of rotatable bonds is 9. The Bertz CT molecular complexity index is 826. The number of amides is 1. The van der Waals surface area contributed by atoms with E-state index in [4.69, 9.17) is 0 Å². The first-order valence-electron chi connectivity index (χ1n) is 9.19. The van der Waals surface area contributed by atoms with Gasteiger partial charge in [-0.15, -0.1) is 11.3 Å². The summed E-state index contributed by atoms with van der Waals surface area (Å²) in [5, 5.41) is 7.51. The van der Waals surface area contributed by atoms with E-state index in [-0.39, 0.29) is 5.91 Å². The lowest BCUT2D eigenvalue weighted by molar-refractivity contribution is -0.116. The second kappa shape index (κ2) is 9.46. The molecule has 0 bridgehead atoms. The third-order valence-corrected chi connectivity index (χ3v) is 5.34. The monoisotopic (exact) mass is 367 g/mol. The van der Waals surface area contributed by atoms with Gasteiger partial charge < -0.3 is 10.6 Å². The summed E-state index contributed by atoms with van der Waals surface area (Å²) in [6.45, 7) is 3.76. The van der Waals surface area contributed by atoms with E-state index in [2.05, 4.69) is 28.6 Å². The second-order valence-corrected chi connectivity index (χ2v) is 7.38. The topological polar surface area (TPSA) is 54.0 Å². The molecule has 0 saturated heterocycles. The first-order chi connectivity index (χ1) is 12.8. The molecule has 0 unspecified atom stereocenters. The van der Waals surface area contributed by atoms with Gasteiger partial charge in [0.25, 0.3) is 0 Å². The molecule has 136 valence electrons. The fourth-order valence-corrected chi connectivity index (χ4v) is 3.87. The lowest BCUT2D eigenvalue weighted by Crippen LogP contribution is -2.16. The number of para-hydroxylation sites is 2. The lowest BCUT2D eigenvalue weighted by atomic mass is 10.1. The summed E-state index contributed by atoms with van der Waals surface area (Å²) in [6.07, 6.45) is 3.33. The van der Waals surface area contributed by atoms with Crippen molar-refractivity contribution in [3.8, 4) is 0 Å². The van der Waals surface area contributed by atoms with E-state index in [1.165, 1.54) is 4.70 Å². The summed E-state index contributed by atoms with van der Waals surface area (Å²) in [5.74, 6) is 0.0817. The van der Waals surface area contributed by atoms with Crippen molar-refractivity contribution in [2.45, 2.75) is 39.2 Å². The summed E-state index contributed by atoms with van der Waals surface area (Å²) in [6, 6.07) is 16.2. The van der Waals surface area contributed by atoms with Crippen LogP contribution < -0.4 is 10.6 Å². The summed E-state index contributed by atoms with van der Waals surface area (Å²) in [5.41, 5.74) is 3.10. The van der Waals surface area contributed by atoms with Crippen molar-refractivity contribution >= 4 is 33.1 Å². The van der Waals surface area contributed by atoms with Crippen molar-refractivity contribution in [2.75, 3.05) is 11.9 Å². The predicted molar refractivity (Wildman–Crippen MR) is 110 cm³/mol. The molecule has 0 fully saturated rings. The molecule has 26 heavy (non-hydrogen) atoms. The maximum Gasteiger partial charge on any atom is 0.224 e. The molecule has 0 spiro atoms. The first kappa shape index (κ1) is 18.5. The Morgan fingerprint density at radius 3 is 2.73 bits per heavy atom. The Balaban J connectivity index is 1.44. The zero-order valence-electron chi connectivity index (χ0n) is 15.1. The highest BCUT2D eigenvalue weighted by Gasteiger charge is 2.07. The molecule has 1 aromatic heterocycles. The standard InChI is InChI=1S/C21H25N3OS/c1-2-22-15-16-9-3-4-10-17(16)23-20(25)13-7-8-14-21-24-18-11-5-6-12-19(18)26-21/h3-6,9-12,22H,2,7-8,13-15H2,1H3,(H,23,25). The summed E-state index contributed by atoms with van der Waals surface area (Å²) in [7, 11) is 0.